The number of hydrogen-bond acceptors (Lipinski definition) is 4. The summed E-state index contributed by atoms with van der Waals surface area (Å²) in [5.41, 5.74) is 0.806. The van der Waals surface area contributed by atoms with Crippen LogP contribution in [-0.2, 0) is 6.42 Å². The Balaban J connectivity index is 2.47. The molecule has 1 heterocycles. The van der Waals surface area contributed by atoms with Crippen LogP contribution in [0.25, 0.3) is 0 Å². The Labute approximate surface area is 100 Å². The molecule has 1 aromatic rings. The van der Waals surface area contributed by atoms with Crippen LogP contribution in [0.5, 0.6) is 0 Å². The molecule has 4 nitrogen and oxygen atoms in total. The number of aromatic nitrogens is 2. The Hall–Kier alpha value is -0.810. The molecule has 0 bridgehead atoms. The standard InChI is InChI=1S/C11H19N3OS/c1-4-9-8-10(15)13-11(12-9)16-7-5-6-14(2)3/h8H,4-7H2,1-3H3,(H,12,13,15). The summed E-state index contributed by atoms with van der Waals surface area (Å²) >= 11 is 1.61. The van der Waals surface area contributed by atoms with E-state index < -0.39 is 0 Å². The van der Waals surface area contributed by atoms with E-state index in [0.717, 1.165) is 36.0 Å². The zero-order chi connectivity index (χ0) is 12.0. The van der Waals surface area contributed by atoms with Crippen LogP contribution < -0.4 is 5.56 Å². The smallest absolute Gasteiger partial charge is 0.251 e. The molecule has 0 fully saturated rings. The van der Waals surface area contributed by atoms with Crippen molar-refractivity contribution in [3.05, 3.63) is 22.1 Å². The summed E-state index contributed by atoms with van der Waals surface area (Å²) in [5.74, 6) is 0.980. The van der Waals surface area contributed by atoms with Crippen molar-refractivity contribution in [3.63, 3.8) is 0 Å². The van der Waals surface area contributed by atoms with Crippen molar-refractivity contribution in [2.75, 3.05) is 26.4 Å². The lowest BCUT2D eigenvalue weighted by atomic mass is 10.3. The van der Waals surface area contributed by atoms with Crippen LogP contribution in [0.3, 0.4) is 0 Å². The van der Waals surface area contributed by atoms with Crippen molar-refractivity contribution >= 4 is 11.8 Å². The molecule has 90 valence electrons. The van der Waals surface area contributed by atoms with Crippen molar-refractivity contribution < 1.29 is 0 Å². The van der Waals surface area contributed by atoms with Gasteiger partial charge in [-0.25, -0.2) is 4.98 Å². The molecule has 0 aliphatic heterocycles. The van der Waals surface area contributed by atoms with E-state index in [1.807, 2.05) is 6.92 Å². The van der Waals surface area contributed by atoms with Crippen LogP contribution in [-0.4, -0.2) is 41.3 Å². The van der Waals surface area contributed by atoms with Crippen molar-refractivity contribution in [1.29, 1.82) is 0 Å². The Morgan fingerprint density at radius 1 is 1.50 bits per heavy atom. The first kappa shape index (κ1) is 13.3. The first-order valence-electron chi connectivity index (χ1n) is 5.49. The second-order valence-electron chi connectivity index (χ2n) is 3.90. The first-order chi connectivity index (χ1) is 7.61. The average Bonchev–Trinajstić information content (AvgIpc) is 2.23. The van der Waals surface area contributed by atoms with Gasteiger partial charge < -0.3 is 9.88 Å². The summed E-state index contributed by atoms with van der Waals surface area (Å²) in [4.78, 5) is 20.6. The van der Waals surface area contributed by atoms with Gasteiger partial charge in [-0.05, 0) is 33.5 Å². The largest absolute Gasteiger partial charge is 0.309 e. The van der Waals surface area contributed by atoms with Gasteiger partial charge in [0.25, 0.3) is 5.56 Å². The molecule has 5 heteroatoms. The van der Waals surface area contributed by atoms with E-state index in [9.17, 15) is 4.79 Å². The van der Waals surface area contributed by atoms with Crippen molar-refractivity contribution in [2.45, 2.75) is 24.9 Å². The third-order valence-electron chi connectivity index (χ3n) is 2.12. The summed E-state index contributed by atoms with van der Waals surface area (Å²) in [6.45, 7) is 3.06. The van der Waals surface area contributed by atoms with Crippen LogP contribution in [0.4, 0.5) is 0 Å². The predicted octanol–water partition coefficient (Wildman–Crippen LogP) is 1.38. The second-order valence-corrected chi connectivity index (χ2v) is 4.98. The van der Waals surface area contributed by atoms with Gasteiger partial charge in [0.05, 0.1) is 0 Å². The molecule has 0 atom stereocenters. The molecule has 0 radical (unpaired) electrons. The van der Waals surface area contributed by atoms with Crippen molar-refractivity contribution in [2.24, 2.45) is 0 Å². The van der Waals surface area contributed by atoms with E-state index >= 15 is 0 Å². The molecule has 0 spiro atoms. The molecule has 0 aliphatic carbocycles. The molecule has 0 aromatic carbocycles. The molecule has 0 aliphatic rings. The molecule has 0 amide bonds. The maximum Gasteiger partial charge on any atom is 0.251 e. The van der Waals surface area contributed by atoms with Crippen LogP contribution in [0.2, 0.25) is 0 Å². The van der Waals surface area contributed by atoms with Gasteiger partial charge in [-0.3, -0.25) is 4.79 Å². The third kappa shape index (κ3) is 4.81. The average molecular weight is 241 g/mol. The van der Waals surface area contributed by atoms with Crippen molar-refractivity contribution in [3.8, 4) is 0 Å². The highest BCUT2D eigenvalue weighted by molar-refractivity contribution is 7.99. The minimum absolute atomic E-state index is 0.0537. The zero-order valence-corrected chi connectivity index (χ0v) is 10.9. The maximum absolute atomic E-state index is 11.3. The number of rotatable bonds is 6. The fraction of sp³-hybridized carbons (Fsp3) is 0.636. The summed E-state index contributed by atoms with van der Waals surface area (Å²) < 4.78 is 0. The van der Waals surface area contributed by atoms with E-state index in [2.05, 4.69) is 29.0 Å². The maximum atomic E-state index is 11.3. The predicted molar refractivity (Wildman–Crippen MR) is 68.1 cm³/mol. The zero-order valence-electron chi connectivity index (χ0n) is 10.1. The number of nitrogens with one attached hydrogen (secondary N) is 1. The molecule has 0 saturated heterocycles. The Morgan fingerprint density at radius 3 is 2.88 bits per heavy atom. The molecular formula is C11H19N3OS. The molecule has 16 heavy (non-hydrogen) atoms. The SMILES string of the molecule is CCc1cc(=O)[nH]c(SCCCN(C)C)n1. The highest BCUT2D eigenvalue weighted by Gasteiger charge is 2.00. The normalized spacial score (nSPS) is 11.0. The number of aryl methyl sites for hydroxylation is 1. The van der Waals surface area contributed by atoms with E-state index in [1.54, 1.807) is 17.8 Å². The number of nitrogens with zero attached hydrogens (tertiary/aromatic N) is 2. The topological polar surface area (TPSA) is 49.0 Å². The van der Waals surface area contributed by atoms with E-state index in [-0.39, 0.29) is 5.56 Å². The quantitative estimate of drug-likeness (QED) is 0.464. The van der Waals surface area contributed by atoms with Crippen molar-refractivity contribution in [1.82, 2.24) is 14.9 Å². The Morgan fingerprint density at radius 2 is 2.25 bits per heavy atom. The minimum Gasteiger partial charge on any atom is -0.309 e. The van der Waals surface area contributed by atoms with Gasteiger partial charge in [-0.15, -0.1) is 0 Å². The van der Waals surface area contributed by atoms with Crippen LogP contribution in [0.1, 0.15) is 19.0 Å². The molecule has 0 saturated carbocycles. The fourth-order valence-corrected chi connectivity index (χ4v) is 2.10. The Bertz CT molecular complexity index is 376. The van der Waals surface area contributed by atoms with Gasteiger partial charge >= 0.3 is 0 Å². The number of H-pyrrole nitrogens is 1. The summed E-state index contributed by atoms with van der Waals surface area (Å²) in [6.07, 6.45) is 1.90. The Kier molecular flexibility index (Phi) is 5.55. The molecule has 1 N–H and O–H groups in total. The minimum atomic E-state index is -0.0537. The molecule has 1 aromatic heterocycles. The van der Waals surface area contributed by atoms with Gasteiger partial charge in [0, 0.05) is 17.5 Å². The highest BCUT2D eigenvalue weighted by Crippen LogP contribution is 2.12. The third-order valence-corrected chi connectivity index (χ3v) is 3.08. The lowest BCUT2D eigenvalue weighted by Crippen LogP contribution is -2.14. The lowest BCUT2D eigenvalue weighted by Gasteiger charge is -2.08. The fourth-order valence-electron chi connectivity index (χ4n) is 1.28. The van der Waals surface area contributed by atoms with E-state index in [0.29, 0.717) is 0 Å². The molecular weight excluding hydrogens is 222 g/mol. The van der Waals surface area contributed by atoms with Crippen LogP contribution in [0.15, 0.2) is 16.0 Å². The molecule has 0 unspecified atom stereocenters. The summed E-state index contributed by atoms with van der Waals surface area (Å²) in [7, 11) is 4.12. The lowest BCUT2D eigenvalue weighted by molar-refractivity contribution is 0.410. The molecule has 1 rings (SSSR count). The van der Waals surface area contributed by atoms with Crippen LogP contribution in [0, 0.1) is 0 Å². The van der Waals surface area contributed by atoms with Gasteiger partial charge in [0.15, 0.2) is 5.16 Å². The second kappa shape index (κ2) is 6.70. The number of hydrogen-bond donors (Lipinski definition) is 1. The first-order valence-corrected chi connectivity index (χ1v) is 6.48. The number of aromatic amines is 1. The van der Waals surface area contributed by atoms with Gasteiger partial charge in [0.2, 0.25) is 0 Å². The van der Waals surface area contributed by atoms with Crippen LogP contribution >= 0.6 is 11.8 Å². The van der Waals surface area contributed by atoms with E-state index in [4.69, 9.17) is 0 Å². The monoisotopic (exact) mass is 241 g/mol. The number of thioether (sulfide) groups is 1. The highest BCUT2D eigenvalue weighted by atomic mass is 32.2. The summed E-state index contributed by atoms with van der Waals surface area (Å²) in [6, 6.07) is 1.56. The summed E-state index contributed by atoms with van der Waals surface area (Å²) in [5, 5.41) is 0.739. The van der Waals surface area contributed by atoms with Gasteiger partial charge in [0.1, 0.15) is 0 Å². The van der Waals surface area contributed by atoms with Gasteiger partial charge in [-0.2, -0.15) is 0 Å². The van der Waals surface area contributed by atoms with Gasteiger partial charge in [-0.1, -0.05) is 18.7 Å². The van der Waals surface area contributed by atoms with E-state index in [1.165, 1.54) is 0 Å².